The average molecular weight is 235 g/mol. The number of nitrogens with one attached hydrogen (secondary N) is 1. The van der Waals surface area contributed by atoms with Gasteiger partial charge in [-0.1, -0.05) is 30.3 Å². The number of aromatic amines is 1. The molecule has 0 bridgehead atoms. The largest absolute Gasteiger partial charge is 0.454 e. The second-order valence-corrected chi connectivity index (χ2v) is 4.30. The summed E-state index contributed by atoms with van der Waals surface area (Å²) < 4.78 is 5.85. The van der Waals surface area contributed by atoms with Crippen molar-refractivity contribution < 1.29 is 4.42 Å². The van der Waals surface area contributed by atoms with Crippen molar-refractivity contribution in [2.75, 3.05) is 0 Å². The number of hydrogen-bond acceptors (Lipinski definition) is 2. The number of hydrogen-bond donors (Lipinski definition) is 1. The number of aromatic nitrogens is 1. The van der Waals surface area contributed by atoms with Gasteiger partial charge in [-0.05, 0) is 18.2 Å². The molecule has 0 amide bonds. The normalized spacial score (nSPS) is 11.6. The summed E-state index contributed by atoms with van der Waals surface area (Å²) in [6, 6.07) is 15.2. The van der Waals surface area contributed by atoms with Gasteiger partial charge in [-0.15, -0.1) is 0 Å². The lowest BCUT2D eigenvalue weighted by Crippen LogP contribution is -2.05. The van der Waals surface area contributed by atoms with E-state index in [0.717, 1.165) is 27.5 Å². The van der Waals surface area contributed by atoms with Crippen molar-refractivity contribution in [2.45, 2.75) is 0 Å². The number of para-hydroxylation sites is 1. The molecule has 2 aromatic heterocycles. The number of H-pyrrole nitrogens is 1. The highest BCUT2D eigenvalue weighted by atomic mass is 16.3. The van der Waals surface area contributed by atoms with Crippen LogP contribution in [0.4, 0.5) is 0 Å². The molecule has 0 radical (unpaired) electrons. The summed E-state index contributed by atoms with van der Waals surface area (Å²) in [6.07, 6.45) is 0. The van der Waals surface area contributed by atoms with Gasteiger partial charge < -0.3 is 9.40 Å². The van der Waals surface area contributed by atoms with Crippen LogP contribution < -0.4 is 5.56 Å². The lowest BCUT2D eigenvalue weighted by atomic mass is 10.1. The van der Waals surface area contributed by atoms with Crippen LogP contribution in [0.5, 0.6) is 0 Å². The summed E-state index contributed by atoms with van der Waals surface area (Å²) in [5, 5.41) is 2.45. The quantitative estimate of drug-likeness (QED) is 0.507. The van der Waals surface area contributed by atoms with Crippen molar-refractivity contribution in [1.29, 1.82) is 0 Å². The number of fused-ring (bicyclic) bond motifs is 5. The molecule has 0 spiro atoms. The average Bonchev–Trinajstić information content (AvgIpc) is 2.78. The third-order valence-electron chi connectivity index (χ3n) is 3.25. The molecule has 0 atom stereocenters. The van der Waals surface area contributed by atoms with E-state index in [1.807, 2.05) is 42.5 Å². The van der Waals surface area contributed by atoms with Crippen LogP contribution in [-0.2, 0) is 0 Å². The first-order valence-corrected chi connectivity index (χ1v) is 5.77. The van der Waals surface area contributed by atoms with Crippen LogP contribution in [0, 0.1) is 0 Å². The molecule has 4 rings (SSSR count). The number of benzene rings is 2. The molecule has 0 unspecified atom stereocenters. The SMILES string of the molecule is O=c1[nH]c2c3ccccc3oc2c2ccccc12. The molecule has 0 saturated heterocycles. The molecule has 2 heterocycles. The molecule has 18 heavy (non-hydrogen) atoms. The second-order valence-electron chi connectivity index (χ2n) is 4.30. The van der Waals surface area contributed by atoms with Crippen LogP contribution in [-0.4, -0.2) is 4.98 Å². The van der Waals surface area contributed by atoms with Gasteiger partial charge in [-0.25, -0.2) is 0 Å². The van der Waals surface area contributed by atoms with Gasteiger partial charge in [0.25, 0.3) is 5.56 Å². The van der Waals surface area contributed by atoms with E-state index in [1.54, 1.807) is 6.07 Å². The lowest BCUT2D eigenvalue weighted by molar-refractivity contribution is 0.672. The van der Waals surface area contributed by atoms with Gasteiger partial charge in [0.1, 0.15) is 5.58 Å². The molecule has 0 saturated carbocycles. The number of pyridine rings is 1. The fraction of sp³-hybridized carbons (Fsp3) is 0. The standard InChI is InChI=1S/C15H9NO2/c17-15-10-6-2-1-5-9(10)14-13(16-15)11-7-3-4-8-12(11)18-14/h1-8H,(H,16,17). The minimum atomic E-state index is -0.0790. The monoisotopic (exact) mass is 235 g/mol. The Hall–Kier alpha value is -2.55. The second kappa shape index (κ2) is 3.23. The van der Waals surface area contributed by atoms with Gasteiger partial charge in [0.05, 0.1) is 10.9 Å². The Bertz CT molecular complexity index is 947. The molecule has 0 aliphatic rings. The Morgan fingerprint density at radius 3 is 2.33 bits per heavy atom. The van der Waals surface area contributed by atoms with Crippen LogP contribution >= 0.6 is 0 Å². The molecule has 0 fully saturated rings. The van der Waals surface area contributed by atoms with E-state index < -0.39 is 0 Å². The third kappa shape index (κ3) is 1.10. The highest BCUT2D eigenvalue weighted by Gasteiger charge is 2.11. The summed E-state index contributed by atoms with van der Waals surface area (Å²) >= 11 is 0. The van der Waals surface area contributed by atoms with Gasteiger partial charge in [-0.2, -0.15) is 0 Å². The first-order valence-electron chi connectivity index (χ1n) is 5.77. The van der Waals surface area contributed by atoms with E-state index in [2.05, 4.69) is 4.98 Å². The molecule has 3 nitrogen and oxygen atoms in total. The van der Waals surface area contributed by atoms with Crippen molar-refractivity contribution in [1.82, 2.24) is 4.98 Å². The molecule has 2 aromatic carbocycles. The summed E-state index contributed by atoms with van der Waals surface area (Å²) in [4.78, 5) is 14.9. The predicted octanol–water partition coefficient (Wildman–Crippen LogP) is 3.43. The van der Waals surface area contributed by atoms with Gasteiger partial charge in [-0.3, -0.25) is 4.79 Å². The summed E-state index contributed by atoms with van der Waals surface area (Å²) in [5.41, 5.74) is 2.23. The fourth-order valence-corrected chi connectivity index (χ4v) is 2.42. The van der Waals surface area contributed by atoms with E-state index in [9.17, 15) is 4.79 Å². The highest BCUT2D eigenvalue weighted by molar-refractivity contribution is 6.12. The van der Waals surface area contributed by atoms with Crippen LogP contribution in [0.3, 0.4) is 0 Å². The summed E-state index contributed by atoms with van der Waals surface area (Å²) in [6.45, 7) is 0. The maximum absolute atomic E-state index is 12.0. The number of rotatable bonds is 0. The zero-order valence-corrected chi connectivity index (χ0v) is 9.44. The maximum Gasteiger partial charge on any atom is 0.256 e. The van der Waals surface area contributed by atoms with Crippen LogP contribution in [0.15, 0.2) is 57.7 Å². The zero-order chi connectivity index (χ0) is 12.1. The Labute approximate surface area is 102 Å². The highest BCUT2D eigenvalue weighted by Crippen LogP contribution is 2.30. The molecule has 0 aliphatic heterocycles. The zero-order valence-electron chi connectivity index (χ0n) is 9.44. The maximum atomic E-state index is 12.0. The minimum Gasteiger partial charge on any atom is -0.454 e. The third-order valence-corrected chi connectivity index (χ3v) is 3.25. The van der Waals surface area contributed by atoms with E-state index in [0.29, 0.717) is 5.39 Å². The minimum absolute atomic E-state index is 0.0790. The van der Waals surface area contributed by atoms with E-state index in [1.165, 1.54) is 0 Å². The van der Waals surface area contributed by atoms with Crippen LogP contribution in [0.1, 0.15) is 0 Å². The van der Waals surface area contributed by atoms with E-state index >= 15 is 0 Å². The Morgan fingerprint density at radius 1 is 0.833 bits per heavy atom. The van der Waals surface area contributed by atoms with Crippen LogP contribution in [0.25, 0.3) is 32.8 Å². The Balaban J connectivity index is 2.40. The molecular formula is C15H9NO2. The van der Waals surface area contributed by atoms with Gasteiger partial charge in [0, 0.05) is 10.8 Å². The van der Waals surface area contributed by atoms with Crippen molar-refractivity contribution in [3.05, 3.63) is 58.9 Å². The Morgan fingerprint density at radius 2 is 1.50 bits per heavy atom. The topological polar surface area (TPSA) is 46.0 Å². The van der Waals surface area contributed by atoms with Crippen LogP contribution in [0.2, 0.25) is 0 Å². The molecular weight excluding hydrogens is 226 g/mol. The smallest absolute Gasteiger partial charge is 0.256 e. The number of furan rings is 1. The van der Waals surface area contributed by atoms with E-state index in [-0.39, 0.29) is 5.56 Å². The lowest BCUT2D eigenvalue weighted by Gasteiger charge is -1.96. The Kier molecular flexibility index (Phi) is 1.70. The van der Waals surface area contributed by atoms with Crippen molar-refractivity contribution in [2.24, 2.45) is 0 Å². The summed E-state index contributed by atoms with van der Waals surface area (Å²) in [7, 11) is 0. The molecule has 86 valence electrons. The van der Waals surface area contributed by atoms with Crippen molar-refractivity contribution in [3.63, 3.8) is 0 Å². The first-order chi connectivity index (χ1) is 8.84. The van der Waals surface area contributed by atoms with Crippen molar-refractivity contribution >= 4 is 32.8 Å². The molecule has 4 aromatic rings. The summed E-state index contributed by atoms with van der Waals surface area (Å²) in [5.74, 6) is 0. The fourth-order valence-electron chi connectivity index (χ4n) is 2.42. The van der Waals surface area contributed by atoms with E-state index in [4.69, 9.17) is 4.42 Å². The van der Waals surface area contributed by atoms with Gasteiger partial charge >= 0.3 is 0 Å². The molecule has 1 N–H and O–H groups in total. The first kappa shape index (κ1) is 9.48. The van der Waals surface area contributed by atoms with Gasteiger partial charge in [0.15, 0.2) is 5.58 Å². The van der Waals surface area contributed by atoms with Gasteiger partial charge in [0.2, 0.25) is 0 Å². The molecule has 0 aliphatic carbocycles. The predicted molar refractivity (Wildman–Crippen MR) is 71.8 cm³/mol. The van der Waals surface area contributed by atoms with Crippen molar-refractivity contribution in [3.8, 4) is 0 Å². The molecule has 3 heteroatoms.